The van der Waals surface area contributed by atoms with Crippen LogP contribution in [0.5, 0.6) is 0 Å². The van der Waals surface area contributed by atoms with Gasteiger partial charge in [0.05, 0.1) is 0 Å². The molecule has 0 radical (unpaired) electrons. The van der Waals surface area contributed by atoms with Crippen LogP contribution in [0.15, 0.2) is 12.1 Å². The summed E-state index contributed by atoms with van der Waals surface area (Å²) < 4.78 is 0. The summed E-state index contributed by atoms with van der Waals surface area (Å²) in [6.45, 7) is 2.72. The number of nitrogens with one attached hydrogen (secondary N) is 1. The molecule has 0 spiro atoms. The Labute approximate surface area is 115 Å². The summed E-state index contributed by atoms with van der Waals surface area (Å²) in [5, 5.41) is 3.28. The number of aromatic nitrogens is 1. The molecule has 0 aromatic carbocycles. The summed E-state index contributed by atoms with van der Waals surface area (Å²) in [5.74, 6) is 1.27. The summed E-state index contributed by atoms with van der Waals surface area (Å²) >= 11 is 13.2. The van der Waals surface area contributed by atoms with Gasteiger partial charge in [-0.15, -0.1) is 0 Å². The quantitative estimate of drug-likeness (QED) is 0.848. The number of pyridine rings is 1. The van der Waals surface area contributed by atoms with Gasteiger partial charge in [-0.2, -0.15) is 11.8 Å². The SMILES string of the molecule is CSCC(C)CNC(=O)c1cc(Cl)nc(Cl)c1. The molecule has 0 saturated heterocycles. The Morgan fingerprint density at radius 1 is 1.47 bits per heavy atom. The maximum atomic E-state index is 11.8. The topological polar surface area (TPSA) is 42.0 Å². The van der Waals surface area contributed by atoms with E-state index < -0.39 is 0 Å². The van der Waals surface area contributed by atoms with Crippen molar-refractivity contribution in [2.45, 2.75) is 6.92 Å². The summed E-state index contributed by atoms with van der Waals surface area (Å²) in [4.78, 5) is 15.6. The molecule has 17 heavy (non-hydrogen) atoms. The van der Waals surface area contributed by atoms with E-state index in [1.807, 2.05) is 6.26 Å². The van der Waals surface area contributed by atoms with Crippen LogP contribution >= 0.6 is 35.0 Å². The number of thioether (sulfide) groups is 1. The Balaban J connectivity index is 2.58. The Bertz CT molecular complexity index is 381. The molecule has 1 heterocycles. The van der Waals surface area contributed by atoms with Crippen molar-refractivity contribution in [1.29, 1.82) is 0 Å². The predicted octanol–water partition coefficient (Wildman–Crippen LogP) is 3.12. The maximum Gasteiger partial charge on any atom is 0.251 e. The predicted molar refractivity (Wildman–Crippen MR) is 74.1 cm³/mol. The van der Waals surface area contributed by atoms with E-state index in [9.17, 15) is 4.79 Å². The molecule has 1 aromatic rings. The minimum Gasteiger partial charge on any atom is -0.352 e. The smallest absolute Gasteiger partial charge is 0.251 e. The highest BCUT2D eigenvalue weighted by Gasteiger charge is 2.09. The van der Waals surface area contributed by atoms with Gasteiger partial charge in [-0.3, -0.25) is 4.79 Å². The molecule has 1 aromatic heterocycles. The van der Waals surface area contributed by atoms with Crippen molar-refractivity contribution in [2.75, 3.05) is 18.6 Å². The van der Waals surface area contributed by atoms with Crippen LogP contribution in [0.3, 0.4) is 0 Å². The molecule has 94 valence electrons. The second kappa shape index (κ2) is 7.09. The van der Waals surface area contributed by atoms with Crippen LogP contribution in [-0.2, 0) is 0 Å². The number of hydrogen-bond acceptors (Lipinski definition) is 3. The van der Waals surface area contributed by atoms with Gasteiger partial charge < -0.3 is 5.32 Å². The molecule has 0 saturated carbocycles. The minimum atomic E-state index is -0.177. The largest absolute Gasteiger partial charge is 0.352 e. The van der Waals surface area contributed by atoms with Gasteiger partial charge in [-0.1, -0.05) is 30.1 Å². The van der Waals surface area contributed by atoms with Gasteiger partial charge >= 0.3 is 0 Å². The van der Waals surface area contributed by atoms with E-state index in [4.69, 9.17) is 23.2 Å². The van der Waals surface area contributed by atoms with Crippen LogP contribution in [0.25, 0.3) is 0 Å². The number of nitrogens with zero attached hydrogens (tertiary/aromatic N) is 1. The molecule has 0 fully saturated rings. The van der Waals surface area contributed by atoms with Crippen LogP contribution < -0.4 is 5.32 Å². The van der Waals surface area contributed by atoms with E-state index in [1.165, 1.54) is 12.1 Å². The summed E-state index contributed by atoms with van der Waals surface area (Å²) in [7, 11) is 0. The number of amides is 1. The first-order valence-corrected chi connectivity index (χ1v) is 7.28. The van der Waals surface area contributed by atoms with Gasteiger partial charge in [0.15, 0.2) is 0 Å². The highest BCUT2D eigenvalue weighted by atomic mass is 35.5. The first-order chi connectivity index (χ1) is 8.02. The molecular weight excluding hydrogens is 279 g/mol. The van der Waals surface area contributed by atoms with Crippen LogP contribution in [0, 0.1) is 5.92 Å². The minimum absolute atomic E-state index is 0.177. The number of hydrogen-bond donors (Lipinski definition) is 1. The fraction of sp³-hybridized carbons (Fsp3) is 0.455. The molecule has 0 aliphatic carbocycles. The monoisotopic (exact) mass is 292 g/mol. The summed E-state index contributed by atoms with van der Waals surface area (Å²) in [6.07, 6.45) is 2.04. The van der Waals surface area contributed by atoms with Crippen molar-refractivity contribution in [1.82, 2.24) is 10.3 Å². The zero-order valence-electron chi connectivity index (χ0n) is 9.67. The van der Waals surface area contributed by atoms with Gasteiger partial charge in [-0.05, 0) is 30.1 Å². The fourth-order valence-corrected chi connectivity index (χ4v) is 2.46. The first kappa shape index (κ1) is 14.6. The Hall–Kier alpha value is -0.450. The normalized spacial score (nSPS) is 12.2. The van der Waals surface area contributed by atoms with E-state index in [2.05, 4.69) is 17.2 Å². The third kappa shape index (κ3) is 5.15. The second-order valence-electron chi connectivity index (χ2n) is 3.77. The molecule has 3 nitrogen and oxygen atoms in total. The molecule has 1 atom stereocenters. The van der Waals surface area contributed by atoms with E-state index in [0.29, 0.717) is 18.0 Å². The lowest BCUT2D eigenvalue weighted by Gasteiger charge is -2.11. The van der Waals surface area contributed by atoms with Crippen molar-refractivity contribution >= 4 is 40.9 Å². The van der Waals surface area contributed by atoms with Gasteiger partial charge in [-0.25, -0.2) is 4.98 Å². The zero-order chi connectivity index (χ0) is 12.8. The van der Waals surface area contributed by atoms with Crippen molar-refractivity contribution in [3.8, 4) is 0 Å². The van der Waals surface area contributed by atoms with E-state index in [1.54, 1.807) is 11.8 Å². The van der Waals surface area contributed by atoms with Crippen LogP contribution in [0.2, 0.25) is 10.3 Å². The summed E-state index contributed by atoms with van der Waals surface area (Å²) in [6, 6.07) is 3.00. The lowest BCUT2D eigenvalue weighted by atomic mass is 10.2. The third-order valence-corrected chi connectivity index (χ3v) is 3.38. The van der Waals surface area contributed by atoms with Gasteiger partial charge in [0.1, 0.15) is 10.3 Å². The average Bonchev–Trinajstić information content (AvgIpc) is 2.25. The van der Waals surface area contributed by atoms with Crippen molar-refractivity contribution in [3.05, 3.63) is 28.0 Å². The molecule has 6 heteroatoms. The average molecular weight is 293 g/mol. The lowest BCUT2D eigenvalue weighted by molar-refractivity contribution is 0.0949. The first-order valence-electron chi connectivity index (χ1n) is 5.13. The van der Waals surface area contributed by atoms with Gasteiger partial charge in [0.25, 0.3) is 5.91 Å². The molecule has 1 rings (SSSR count). The number of carbonyl (C=O) groups excluding carboxylic acids is 1. The molecule has 1 amide bonds. The Kier molecular flexibility index (Phi) is 6.09. The van der Waals surface area contributed by atoms with E-state index in [-0.39, 0.29) is 16.2 Å². The van der Waals surface area contributed by atoms with E-state index >= 15 is 0 Å². The molecule has 1 unspecified atom stereocenters. The van der Waals surface area contributed by atoms with Crippen LogP contribution in [0.1, 0.15) is 17.3 Å². The number of rotatable bonds is 5. The van der Waals surface area contributed by atoms with Crippen LogP contribution in [-0.4, -0.2) is 29.4 Å². The standard InChI is InChI=1S/C11H14Cl2N2OS/c1-7(6-17-2)5-14-11(16)8-3-9(12)15-10(13)4-8/h3-4,7H,5-6H2,1-2H3,(H,14,16). The van der Waals surface area contributed by atoms with Crippen LogP contribution in [0.4, 0.5) is 0 Å². The fourth-order valence-electron chi connectivity index (χ4n) is 1.31. The number of carbonyl (C=O) groups is 1. The van der Waals surface area contributed by atoms with Gasteiger partial charge in [0, 0.05) is 12.1 Å². The highest BCUT2D eigenvalue weighted by molar-refractivity contribution is 7.98. The maximum absolute atomic E-state index is 11.8. The lowest BCUT2D eigenvalue weighted by Crippen LogP contribution is -2.29. The third-order valence-electron chi connectivity index (χ3n) is 2.09. The Morgan fingerprint density at radius 3 is 2.59 bits per heavy atom. The molecule has 0 aliphatic rings. The number of halogens is 2. The summed E-state index contributed by atoms with van der Waals surface area (Å²) in [5.41, 5.74) is 0.436. The van der Waals surface area contributed by atoms with Gasteiger partial charge in [0.2, 0.25) is 0 Å². The van der Waals surface area contributed by atoms with Crippen molar-refractivity contribution in [2.24, 2.45) is 5.92 Å². The molecule has 1 N–H and O–H groups in total. The second-order valence-corrected chi connectivity index (χ2v) is 5.46. The van der Waals surface area contributed by atoms with Crippen molar-refractivity contribution < 1.29 is 4.79 Å². The van der Waals surface area contributed by atoms with Crippen molar-refractivity contribution in [3.63, 3.8) is 0 Å². The molecule has 0 aliphatic heterocycles. The Morgan fingerprint density at radius 2 is 2.06 bits per heavy atom. The zero-order valence-corrected chi connectivity index (χ0v) is 12.0. The molecule has 0 bridgehead atoms. The van der Waals surface area contributed by atoms with E-state index in [0.717, 1.165) is 5.75 Å². The highest BCUT2D eigenvalue weighted by Crippen LogP contribution is 2.14. The molecular formula is C11H14Cl2N2OS.